The molecule has 1 fully saturated rings. The molecule has 0 bridgehead atoms. The molecule has 1 amide bonds. The molecule has 1 aliphatic rings. The summed E-state index contributed by atoms with van der Waals surface area (Å²) >= 11 is 0. The van der Waals surface area contributed by atoms with E-state index in [-0.39, 0.29) is 30.1 Å². The molecule has 3 aromatic rings. The maximum atomic E-state index is 14.0. The van der Waals surface area contributed by atoms with Crippen LogP contribution >= 0.6 is 0 Å². The second-order valence-corrected chi connectivity index (χ2v) is 9.42. The summed E-state index contributed by atoms with van der Waals surface area (Å²) in [7, 11) is 3.50. The van der Waals surface area contributed by atoms with Crippen molar-refractivity contribution in [2.45, 2.75) is 33.0 Å². The topological polar surface area (TPSA) is 84.6 Å². The molecule has 10 heteroatoms. The number of carbonyl (C=O) groups excluding carboxylic acids is 1. The SMILES string of the molecule is COc1cc(-c2nn(-c3ccc(CN4CCN(C)CC4)cc3)c(=O)n2CC(=O)NC(C)C)ccc1F. The Hall–Kier alpha value is -3.50. The molecule has 0 aliphatic carbocycles. The lowest BCUT2D eigenvalue weighted by Crippen LogP contribution is -2.43. The molecule has 1 aromatic heterocycles. The van der Waals surface area contributed by atoms with Crippen LogP contribution in [0.4, 0.5) is 4.39 Å². The smallest absolute Gasteiger partial charge is 0.351 e. The molecule has 0 atom stereocenters. The summed E-state index contributed by atoms with van der Waals surface area (Å²) < 4.78 is 21.7. The summed E-state index contributed by atoms with van der Waals surface area (Å²) in [5, 5.41) is 7.33. The average Bonchev–Trinajstić information content (AvgIpc) is 3.16. The zero-order chi connectivity index (χ0) is 25.8. The molecule has 9 nitrogen and oxygen atoms in total. The fraction of sp³-hybridized carbons (Fsp3) is 0.423. The third-order valence-electron chi connectivity index (χ3n) is 6.21. The molecule has 2 aromatic carbocycles. The van der Waals surface area contributed by atoms with Crippen molar-refractivity contribution in [2.24, 2.45) is 0 Å². The van der Waals surface area contributed by atoms with Gasteiger partial charge in [-0.1, -0.05) is 12.1 Å². The van der Waals surface area contributed by atoms with Crippen LogP contribution in [-0.2, 0) is 17.9 Å². The lowest BCUT2D eigenvalue weighted by atomic mass is 10.2. The molecular formula is C26H33FN6O3. The maximum absolute atomic E-state index is 14.0. The van der Waals surface area contributed by atoms with E-state index in [2.05, 4.69) is 27.3 Å². The molecule has 36 heavy (non-hydrogen) atoms. The van der Waals surface area contributed by atoms with Gasteiger partial charge in [0.15, 0.2) is 17.4 Å². The highest BCUT2D eigenvalue weighted by Crippen LogP contribution is 2.25. The molecule has 0 radical (unpaired) electrons. The molecule has 0 unspecified atom stereocenters. The number of benzene rings is 2. The largest absolute Gasteiger partial charge is 0.494 e. The van der Waals surface area contributed by atoms with Crippen LogP contribution < -0.4 is 15.7 Å². The van der Waals surface area contributed by atoms with Gasteiger partial charge in [0.1, 0.15) is 6.54 Å². The minimum Gasteiger partial charge on any atom is -0.494 e. The monoisotopic (exact) mass is 496 g/mol. The van der Waals surface area contributed by atoms with Crippen molar-refractivity contribution in [3.8, 4) is 22.8 Å². The number of piperazine rings is 1. The van der Waals surface area contributed by atoms with Gasteiger partial charge in [-0.15, -0.1) is 5.10 Å². The third kappa shape index (κ3) is 5.83. The maximum Gasteiger partial charge on any atom is 0.351 e. The predicted octanol–water partition coefficient (Wildman–Crippen LogP) is 2.12. The molecule has 1 saturated heterocycles. The zero-order valence-electron chi connectivity index (χ0n) is 21.2. The number of hydrogen-bond donors (Lipinski definition) is 1. The number of methoxy groups -OCH3 is 1. The van der Waals surface area contributed by atoms with Gasteiger partial charge < -0.3 is 15.0 Å². The number of ether oxygens (including phenoxy) is 1. The van der Waals surface area contributed by atoms with E-state index in [1.54, 1.807) is 0 Å². The predicted molar refractivity (Wildman–Crippen MR) is 136 cm³/mol. The fourth-order valence-electron chi connectivity index (χ4n) is 4.24. The van der Waals surface area contributed by atoms with Crippen LogP contribution in [0.25, 0.3) is 17.1 Å². The van der Waals surface area contributed by atoms with E-state index in [4.69, 9.17) is 4.74 Å². The van der Waals surface area contributed by atoms with Crippen molar-refractivity contribution in [2.75, 3.05) is 40.3 Å². The van der Waals surface area contributed by atoms with E-state index < -0.39 is 11.5 Å². The molecule has 0 spiro atoms. The van der Waals surface area contributed by atoms with Crippen LogP contribution in [-0.4, -0.2) is 76.4 Å². The number of rotatable bonds is 8. The van der Waals surface area contributed by atoms with Gasteiger partial charge in [0.25, 0.3) is 0 Å². The first-order valence-electron chi connectivity index (χ1n) is 12.1. The Bertz CT molecular complexity index is 1260. The summed E-state index contributed by atoms with van der Waals surface area (Å²) in [5.74, 6) is -0.563. The molecule has 0 saturated carbocycles. The summed E-state index contributed by atoms with van der Waals surface area (Å²) in [6.45, 7) is 8.45. The number of carbonyl (C=O) groups is 1. The van der Waals surface area contributed by atoms with E-state index in [1.165, 1.54) is 34.6 Å². The van der Waals surface area contributed by atoms with Crippen molar-refractivity contribution >= 4 is 5.91 Å². The van der Waals surface area contributed by atoms with E-state index in [9.17, 15) is 14.0 Å². The highest BCUT2D eigenvalue weighted by molar-refractivity contribution is 5.76. The van der Waals surface area contributed by atoms with Crippen LogP contribution in [0.5, 0.6) is 5.75 Å². The third-order valence-corrected chi connectivity index (χ3v) is 6.21. The van der Waals surface area contributed by atoms with Crippen LogP contribution in [0.1, 0.15) is 19.4 Å². The first kappa shape index (κ1) is 25.6. The molecule has 1 N–H and O–H groups in total. The van der Waals surface area contributed by atoms with E-state index in [1.807, 2.05) is 38.1 Å². The highest BCUT2D eigenvalue weighted by Gasteiger charge is 2.20. The number of likely N-dealkylation sites (N-methyl/N-ethyl adjacent to an activating group) is 1. The number of amides is 1. The first-order chi connectivity index (χ1) is 17.2. The minimum absolute atomic E-state index is 0.0286. The summed E-state index contributed by atoms with van der Waals surface area (Å²) in [6.07, 6.45) is 0. The van der Waals surface area contributed by atoms with Gasteiger partial charge in [-0.2, -0.15) is 4.68 Å². The number of halogens is 1. The van der Waals surface area contributed by atoms with Crippen molar-refractivity contribution in [1.82, 2.24) is 29.5 Å². The number of nitrogens with one attached hydrogen (secondary N) is 1. The molecule has 192 valence electrons. The molecule has 2 heterocycles. The molecular weight excluding hydrogens is 463 g/mol. The second-order valence-electron chi connectivity index (χ2n) is 9.42. The van der Waals surface area contributed by atoms with Gasteiger partial charge in [-0.3, -0.25) is 14.3 Å². The van der Waals surface area contributed by atoms with Crippen LogP contribution in [0.3, 0.4) is 0 Å². The number of nitrogens with zero attached hydrogens (tertiary/aromatic N) is 5. The van der Waals surface area contributed by atoms with Gasteiger partial charge in [-0.05, 0) is 56.8 Å². The Kier molecular flexibility index (Phi) is 7.85. The standard InChI is InChI=1S/C26H33FN6O3/c1-18(2)28-24(34)17-32-25(20-7-10-22(27)23(15-20)36-4)29-33(26(32)35)21-8-5-19(6-9-21)16-31-13-11-30(3)12-14-31/h5-10,15,18H,11-14,16-17H2,1-4H3,(H,28,34). The van der Waals surface area contributed by atoms with Crippen LogP contribution in [0.15, 0.2) is 47.3 Å². The number of aromatic nitrogens is 3. The summed E-state index contributed by atoms with van der Waals surface area (Å²) in [5.41, 5.74) is 1.74. The second kappa shape index (κ2) is 11.0. The minimum atomic E-state index is -0.525. The molecule has 4 rings (SSSR count). The lowest BCUT2D eigenvalue weighted by molar-refractivity contribution is -0.122. The Morgan fingerprint density at radius 2 is 1.81 bits per heavy atom. The van der Waals surface area contributed by atoms with E-state index in [0.29, 0.717) is 11.3 Å². The Labute approximate surface area is 210 Å². The quantitative estimate of drug-likeness (QED) is 0.514. The number of hydrogen-bond acceptors (Lipinski definition) is 6. The fourth-order valence-corrected chi connectivity index (χ4v) is 4.24. The van der Waals surface area contributed by atoms with Crippen LogP contribution in [0, 0.1) is 5.82 Å². The van der Waals surface area contributed by atoms with Gasteiger partial charge in [-0.25, -0.2) is 9.18 Å². The Morgan fingerprint density at radius 1 is 1.11 bits per heavy atom. The van der Waals surface area contributed by atoms with Gasteiger partial charge in [0.2, 0.25) is 5.91 Å². The van der Waals surface area contributed by atoms with Crippen molar-refractivity contribution in [3.05, 3.63) is 64.3 Å². The lowest BCUT2D eigenvalue weighted by Gasteiger charge is -2.32. The van der Waals surface area contributed by atoms with Crippen LogP contribution in [0.2, 0.25) is 0 Å². The van der Waals surface area contributed by atoms with E-state index >= 15 is 0 Å². The highest BCUT2D eigenvalue weighted by atomic mass is 19.1. The first-order valence-corrected chi connectivity index (χ1v) is 12.1. The summed E-state index contributed by atoms with van der Waals surface area (Å²) in [4.78, 5) is 30.7. The average molecular weight is 497 g/mol. The normalized spacial score (nSPS) is 14.8. The molecule has 1 aliphatic heterocycles. The summed E-state index contributed by atoms with van der Waals surface area (Å²) in [6, 6.07) is 11.9. The Balaban J connectivity index is 1.66. The van der Waals surface area contributed by atoms with E-state index in [0.717, 1.165) is 38.3 Å². The van der Waals surface area contributed by atoms with Gasteiger partial charge in [0, 0.05) is 44.3 Å². The Morgan fingerprint density at radius 3 is 2.44 bits per heavy atom. The zero-order valence-corrected chi connectivity index (χ0v) is 21.2. The van der Waals surface area contributed by atoms with Gasteiger partial charge in [0.05, 0.1) is 12.8 Å². The van der Waals surface area contributed by atoms with Crippen molar-refractivity contribution < 1.29 is 13.9 Å². The van der Waals surface area contributed by atoms with Crippen molar-refractivity contribution in [1.29, 1.82) is 0 Å². The van der Waals surface area contributed by atoms with Crippen molar-refractivity contribution in [3.63, 3.8) is 0 Å². The van der Waals surface area contributed by atoms with Gasteiger partial charge >= 0.3 is 5.69 Å².